The van der Waals surface area contributed by atoms with Gasteiger partial charge in [-0.3, -0.25) is 14.5 Å². The van der Waals surface area contributed by atoms with Crippen LogP contribution in [0.25, 0.3) is 16.5 Å². The molecule has 148 valence electrons. The van der Waals surface area contributed by atoms with Gasteiger partial charge in [-0.25, -0.2) is 0 Å². The zero-order valence-electron chi connectivity index (χ0n) is 16.0. The van der Waals surface area contributed by atoms with Crippen molar-refractivity contribution in [3.63, 3.8) is 0 Å². The van der Waals surface area contributed by atoms with E-state index in [9.17, 15) is 9.59 Å². The highest BCUT2D eigenvalue weighted by molar-refractivity contribution is 8.04. The third kappa shape index (κ3) is 3.38. The second-order valence-corrected chi connectivity index (χ2v) is 9.00. The molecule has 3 heterocycles. The SMILES string of the molecule is O=C1C(Sc2ccccc2)=C(c2cccs2)C(=O)N1CCc1c[nH]c2ccccc12. The largest absolute Gasteiger partial charge is 0.361 e. The molecule has 4 nitrogen and oxygen atoms in total. The molecular weight excluding hydrogens is 412 g/mol. The highest BCUT2D eigenvalue weighted by Gasteiger charge is 2.39. The molecule has 2 aromatic heterocycles. The fourth-order valence-corrected chi connectivity index (χ4v) is 5.53. The number of hydrogen-bond acceptors (Lipinski definition) is 4. The molecule has 0 saturated heterocycles. The molecule has 2 amide bonds. The zero-order chi connectivity index (χ0) is 20.5. The Bertz CT molecular complexity index is 1260. The van der Waals surface area contributed by atoms with Crippen LogP contribution in [0.5, 0.6) is 0 Å². The van der Waals surface area contributed by atoms with Gasteiger partial charge < -0.3 is 4.98 Å². The number of imide groups is 1. The topological polar surface area (TPSA) is 53.2 Å². The Labute approximate surface area is 182 Å². The number of para-hydroxylation sites is 1. The number of carbonyl (C=O) groups excluding carboxylic acids is 2. The average Bonchev–Trinajstić information content (AvgIpc) is 3.48. The van der Waals surface area contributed by atoms with Gasteiger partial charge in [0.15, 0.2) is 0 Å². The van der Waals surface area contributed by atoms with Crippen LogP contribution in [0.3, 0.4) is 0 Å². The van der Waals surface area contributed by atoms with Crippen LogP contribution in [0.2, 0.25) is 0 Å². The van der Waals surface area contributed by atoms with E-state index >= 15 is 0 Å². The maximum atomic E-state index is 13.3. The zero-order valence-corrected chi connectivity index (χ0v) is 17.6. The molecule has 0 radical (unpaired) electrons. The number of amides is 2. The smallest absolute Gasteiger partial charge is 0.268 e. The number of benzene rings is 2. The highest BCUT2D eigenvalue weighted by atomic mass is 32.2. The predicted octanol–water partition coefficient (Wildman–Crippen LogP) is 5.34. The third-order valence-electron chi connectivity index (χ3n) is 5.14. The van der Waals surface area contributed by atoms with Crippen molar-refractivity contribution in [1.29, 1.82) is 0 Å². The van der Waals surface area contributed by atoms with E-state index in [1.807, 2.05) is 72.2 Å². The monoisotopic (exact) mass is 430 g/mol. The van der Waals surface area contributed by atoms with Crippen LogP contribution in [0.15, 0.2) is 88.1 Å². The van der Waals surface area contributed by atoms with Gasteiger partial charge in [0.05, 0.1) is 10.5 Å². The fourth-order valence-electron chi connectivity index (χ4n) is 3.67. The highest BCUT2D eigenvalue weighted by Crippen LogP contribution is 2.40. The number of nitrogens with zero attached hydrogens (tertiary/aromatic N) is 1. The quantitative estimate of drug-likeness (QED) is 0.420. The Balaban J connectivity index is 1.44. The van der Waals surface area contributed by atoms with E-state index in [0.717, 1.165) is 26.2 Å². The minimum Gasteiger partial charge on any atom is -0.361 e. The normalized spacial score (nSPS) is 14.3. The number of aromatic nitrogens is 1. The van der Waals surface area contributed by atoms with E-state index in [4.69, 9.17) is 0 Å². The number of carbonyl (C=O) groups is 2. The van der Waals surface area contributed by atoms with Crippen molar-refractivity contribution in [2.75, 3.05) is 6.54 Å². The van der Waals surface area contributed by atoms with E-state index in [1.54, 1.807) is 0 Å². The molecule has 1 N–H and O–H groups in total. The summed E-state index contributed by atoms with van der Waals surface area (Å²) in [4.78, 5) is 33.5. The van der Waals surface area contributed by atoms with Crippen LogP contribution < -0.4 is 0 Å². The number of fused-ring (bicyclic) bond motifs is 1. The van der Waals surface area contributed by atoms with Crippen LogP contribution in [0, 0.1) is 0 Å². The predicted molar refractivity (Wildman–Crippen MR) is 122 cm³/mol. The van der Waals surface area contributed by atoms with Crippen LogP contribution in [0.4, 0.5) is 0 Å². The molecule has 0 unspecified atom stereocenters. The lowest BCUT2D eigenvalue weighted by Gasteiger charge is -2.14. The Morgan fingerprint density at radius 2 is 1.70 bits per heavy atom. The minimum atomic E-state index is -0.211. The molecule has 0 fully saturated rings. The molecule has 1 aliphatic heterocycles. The molecule has 30 heavy (non-hydrogen) atoms. The van der Waals surface area contributed by atoms with Gasteiger partial charge in [-0.1, -0.05) is 54.2 Å². The Kier molecular flexibility index (Phi) is 5.02. The first-order valence-electron chi connectivity index (χ1n) is 9.64. The van der Waals surface area contributed by atoms with Crippen molar-refractivity contribution >= 4 is 51.4 Å². The van der Waals surface area contributed by atoms with Crippen molar-refractivity contribution in [3.8, 4) is 0 Å². The van der Waals surface area contributed by atoms with Crippen LogP contribution >= 0.6 is 23.1 Å². The Morgan fingerprint density at radius 1 is 0.900 bits per heavy atom. The van der Waals surface area contributed by atoms with Gasteiger partial charge >= 0.3 is 0 Å². The summed E-state index contributed by atoms with van der Waals surface area (Å²) in [6, 6.07) is 21.6. The van der Waals surface area contributed by atoms with Crippen molar-refractivity contribution in [2.24, 2.45) is 0 Å². The molecule has 0 bridgehead atoms. The van der Waals surface area contributed by atoms with Gasteiger partial charge in [0, 0.05) is 33.4 Å². The van der Waals surface area contributed by atoms with E-state index < -0.39 is 0 Å². The molecule has 6 heteroatoms. The van der Waals surface area contributed by atoms with Crippen LogP contribution in [0.1, 0.15) is 10.4 Å². The summed E-state index contributed by atoms with van der Waals surface area (Å²) in [5, 5.41) is 3.06. The van der Waals surface area contributed by atoms with Crippen molar-refractivity contribution < 1.29 is 9.59 Å². The Morgan fingerprint density at radius 3 is 2.50 bits per heavy atom. The minimum absolute atomic E-state index is 0.208. The van der Waals surface area contributed by atoms with Crippen molar-refractivity contribution in [3.05, 3.63) is 93.7 Å². The van der Waals surface area contributed by atoms with Gasteiger partial charge in [0.25, 0.3) is 11.8 Å². The molecule has 4 aromatic rings. The summed E-state index contributed by atoms with van der Waals surface area (Å²) in [7, 11) is 0. The second kappa shape index (κ2) is 7.97. The first kappa shape index (κ1) is 18.9. The standard InChI is InChI=1S/C24H18N2O2S2/c27-23-21(20-11-6-14-29-20)22(30-17-7-2-1-3-8-17)24(28)26(23)13-12-16-15-25-19-10-5-4-9-18(16)19/h1-11,14-15,25H,12-13H2. The first-order chi connectivity index (χ1) is 14.7. The van der Waals surface area contributed by atoms with Gasteiger partial charge in [-0.15, -0.1) is 11.3 Å². The Hall–Kier alpha value is -3.09. The first-order valence-corrected chi connectivity index (χ1v) is 11.3. The lowest BCUT2D eigenvalue weighted by molar-refractivity contribution is -0.136. The molecule has 1 aliphatic rings. The summed E-state index contributed by atoms with van der Waals surface area (Å²) in [5.74, 6) is -0.419. The van der Waals surface area contributed by atoms with Gasteiger partial charge in [-0.05, 0) is 41.6 Å². The second-order valence-electron chi connectivity index (χ2n) is 6.97. The lowest BCUT2D eigenvalue weighted by Crippen LogP contribution is -2.33. The number of thiophene rings is 1. The number of aromatic amines is 1. The molecule has 5 rings (SSSR count). The molecular formula is C24H18N2O2S2. The molecule has 0 aliphatic carbocycles. The number of H-pyrrole nitrogens is 1. The molecule has 0 saturated carbocycles. The van der Waals surface area contributed by atoms with Crippen molar-refractivity contribution in [2.45, 2.75) is 11.3 Å². The van der Waals surface area contributed by atoms with E-state index in [1.165, 1.54) is 28.0 Å². The van der Waals surface area contributed by atoms with Gasteiger partial charge in [0.2, 0.25) is 0 Å². The van der Waals surface area contributed by atoms with Gasteiger partial charge in [0.1, 0.15) is 0 Å². The summed E-state index contributed by atoms with van der Waals surface area (Å²) >= 11 is 2.85. The van der Waals surface area contributed by atoms with Crippen molar-refractivity contribution in [1.82, 2.24) is 9.88 Å². The van der Waals surface area contributed by atoms with Gasteiger partial charge in [-0.2, -0.15) is 0 Å². The third-order valence-corrected chi connectivity index (χ3v) is 7.11. The van der Waals surface area contributed by atoms with Crippen LogP contribution in [-0.4, -0.2) is 28.2 Å². The molecule has 0 spiro atoms. The number of nitrogens with one attached hydrogen (secondary N) is 1. The number of thioether (sulfide) groups is 1. The summed E-state index contributed by atoms with van der Waals surface area (Å²) in [6.07, 6.45) is 2.57. The lowest BCUT2D eigenvalue weighted by atomic mass is 10.1. The fraction of sp³-hybridized carbons (Fsp3) is 0.0833. The van der Waals surface area contributed by atoms with Crippen LogP contribution in [-0.2, 0) is 16.0 Å². The van der Waals surface area contributed by atoms with E-state index in [-0.39, 0.29) is 11.8 Å². The summed E-state index contributed by atoms with van der Waals surface area (Å²) in [6.45, 7) is 0.354. The number of rotatable bonds is 6. The average molecular weight is 431 g/mol. The summed E-state index contributed by atoms with van der Waals surface area (Å²) < 4.78 is 0. The molecule has 0 atom stereocenters. The summed E-state index contributed by atoms with van der Waals surface area (Å²) in [5.41, 5.74) is 2.68. The molecule has 2 aromatic carbocycles. The number of hydrogen-bond donors (Lipinski definition) is 1. The maximum absolute atomic E-state index is 13.3. The van der Waals surface area contributed by atoms with E-state index in [0.29, 0.717) is 23.4 Å². The van der Waals surface area contributed by atoms with E-state index in [2.05, 4.69) is 11.1 Å². The maximum Gasteiger partial charge on any atom is 0.268 e.